The first-order chi connectivity index (χ1) is 8.97. The van der Waals surface area contributed by atoms with Gasteiger partial charge in [0.2, 0.25) is 0 Å². The molecule has 2 aromatic rings. The lowest BCUT2D eigenvalue weighted by Crippen LogP contribution is -2.14. The zero-order valence-electron chi connectivity index (χ0n) is 10.3. The molecule has 98 valence electrons. The van der Waals surface area contributed by atoms with Crippen molar-refractivity contribution in [1.29, 1.82) is 0 Å². The van der Waals surface area contributed by atoms with E-state index in [2.05, 4.69) is 21.2 Å². The molecule has 5 heteroatoms. The van der Waals surface area contributed by atoms with Crippen LogP contribution >= 0.6 is 15.9 Å². The Morgan fingerprint density at radius 3 is 2.68 bits per heavy atom. The van der Waals surface area contributed by atoms with Crippen LogP contribution in [0.4, 0.5) is 11.4 Å². The molecule has 0 aliphatic rings. The van der Waals surface area contributed by atoms with Crippen LogP contribution in [0.15, 0.2) is 40.9 Å². The molecule has 19 heavy (non-hydrogen) atoms. The number of phenols is 1. The molecule has 1 amide bonds. The van der Waals surface area contributed by atoms with Gasteiger partial charge in [0.1, 0.15) is 5.75 Å². The summed E-state index contributed by atoms with van der Waals surface area (Å²) >= 11 is 3.36. The van der Waals surface area contributed by atoms with E-state index in [1.807, 2.05) is 19.1 Å². The van der Waals surface area contributed by atoms with Crippen molar-refractivity contribution in [3.05, 3.63) is 52.0 Å². The number of phenolic OH excluding ortho intramolecular Hbond substituents is 1. The summed E-state index contributed by atoms with van der Waals surface area (Å²) in [6.45, 7) is 1.90. The predicted molar refractivity (Wildman–Crippen MR) is 79.4 cm³/mol. The largest absolute Gasteiger partial charge is 0.508 e. The van der Waals surface area contributed by atoms with Crippen molar-refractivity contribution >= 4 is 33.2 Å². The van der Waals surface area contributed by atoms with Crippen molar-refractivity contribution in [2.45, 2.75) is 6.92 Å². The normalized spacial score (nSPS) is 10.2. The molecule has 2 rings (SSSR count). The average molecular weight is 321 g/mol. The molecule has 0 unspecified atom stereocenters. The maximum atomic E-state index is 12.1. The summed E-state index contributed by atoms with van der Waals surface area (Å²) in [4.78, 5) is 12.1. The number of halogens is 1. The maximum Gasteiger partial charge on any atom is 0.257 e. The van der Waals surface area contributed by atoms with Gasteiger partial charge in [0.15, 0.2) is 0 Å². The SMILES string of the molecule is Cc1cc(Br)ccc1NC(=O)c1cc(O)ccc1N. The minimum Gasteiger partial charge on any atom is -0.508 e. The number of benzene rings is 2. The van der Waals surface area contributed by atoms with Gasteiger partial charge in [-0.2, -0.15) is 0 Å². The van der Waals surface area contributed by atoms with Gasteiger partial charge in [0, 0.05) is 15.8 Å². The van der Waals surface area contributed by atoms with E-state index in [1.165, 1.54) is 18.2 Å². The van der Waals surface area contributed by atoms with E-state index >= 15 is 0 Å². The van der Waals surface area contributed by atoms with E-state index in [-0.39, 0.29) is 17.2 Å². The third-order valence-electron chi connectivity index (χ3n) is 2.72. The third kappa shape index (κ3) is 3.06. The Balaban J connectivity index is 2.28. The summed E-state index contributed by atoms with van der Waals surface area (Å²) in [7, 11) is 0. The number of aromatic hydroxyl groups is 1. The molecule has 0 fully saturated rings. The Bertz CT molecular complexity index is 641. The van der Waals surface area contributed by atoms with Crippen LogP contribution in [0.2, 0.25) is 0 Å². The summed E-state index contributed by atoms with van der Waals surface area (Å²) in [5.74, 6) is -0.342. The summed E-state index contributed by atoms with van der Waals surface area (Å²) < 4.78 is 0.944. The smallest absolute Gasteiger partial charge is 0.257 e. The van der Waals surface area contributed by atoms with E-state index in [4.69, 9.17) is 5.73 Å². The predicted octanol–water partition coefficient (Wildman–Crippen LogP) is 3.30. The van der Waals surface area contributed by atoms with Crippen molar-refractivity contribution in [2.24, 2.45) is 0 Å². The number of amides is 1. The van der Waals surface area contributed by atoms with Crippen LogP contribution in [0.1, 0.15) is 15.9 Å². The Kier molecular flexibility index (Phi) is 3.76. The number of anilines is 2. The second-order valence-corrected chi connectivity index (χ2v) is 5.10. The standard InChI is InChI=1S/C14H13BrN2O2/c1-8-6-9(15)2-5-13(8)17-14(19)11-7-10(18)3-4-12(11)16/h2-7,18H,16H2,1H3,(H,17,19). The summed E-state index contributed by atoms with van der Waals surface area (Å²) in [6, 6.07) is 9.83. The number of nitrogens with two attached hydrogens (primary N) is 1. The molecule has 0 bridgehead atoms. The number of carbonyl (C=O) groups excluding carboxylic acids is 1. The van der Waals surface area contributed by atoms with Crippen molar-refractivity contribution in [1.82, 2.24) is 0 Å². The molecule has 0 saturated carbocycles. The molecule has 0 atom stereocenters. The molecular weight excluding hydrogens is 308 g/mol. The number of nitrogen functional groups attached to an aromatic ring is 1. The van der Waals surface area contributed by atoms with Crippen molar-refractivity contribution < 1.29 is 9.90 Å². The molecular formula is C14H13BrN2O2. The number of hydrogen-bond donors (Lipinski definition) is 3. The molecule has 0 heterocycles. The highest BCUT2D eigenvalue weighted by molar-refractivity contribution is 9.10. The van der Waals surface area contributed by atoms with Gasteiger partial charge in [-0.15, -0.1) is 0 Å². The number of rotatable bonds is 2. The van der Waals surface area contributed by atoms with Crippen molar-refractivity contribution in [2.75, 3.05) is 11.1 Å². The second-order valence-electron chi connectivity index (χ2n) is 4.18. The van der Waals surface area contributed by atoms with Gasteiger partial charge in [-0.05, 0) is 48.9 Å². The Morgan fingerprint density at radius 1 is 1.26 bits per heavy atom. The fraction of sp³-hybridized carbons (Fsp3) is 0.0714. The fourth-order valence-electron chi connectivity index (χ4n) is 1.70. The third-order valence-corrected chi connectivity index (χ3v) is 3.21. The summed E-state index contributed by atoms with van der Waals surface area (Å²) in [5.41, 5.74) is 7.94. The van der Waals surface area contributed by atoms with E-state index in [0.29, 0.717) is 11.4 Å². The number of carbonyl (C=O) groups is 1. The van der Waals surface area contributed by atoms with E-state index < -0.39 is 0 Å². The number of aryl methyl sites for hydroxylation is 1. The quantitative estimate of drug-likeness (QED) is 0.587. The zero-order chi connectivity index (χ0) is 14.0. The Hall–Kier alpha value is -2.01. The first-order valence-corrected chi connectivity index (χ1v) is 6.42. The van der Waals surface area contributed by atoms with E-state index in [9.17, 15) is 9.90 Å². The van der Waals surface area contributed by atoms with E-state index in [0.717, 1.165) is 10.0 Å². The molecule has 0 spiro atoms. The Labute approximate surface area is 119 Å². The molecule has 4 nitrogen and oxygen atoms in total. The maximum absolute atomic E-state index is 12.1. The molecule has 0 saturated heterocycles. The average Bonchev–Trinajstić information content (AvgIpc) is 2.35. The van der Waals surface area contributed by atoms with Crippen molar-refractivity contribution in [3.63, 3.8) is 0 Å². The highest BCUT2D eigenvalue weighted by Gasteiger charge is 2.12. The lowest BCUT2D eigenvalue weighted by molar-refractivity contribution is 0.102. The highest BCUT2D eigenvalue weighted by atomic mass is 79.9. The molecule has 4 N–H and O–H groups in total. The Morgan fingerprint density at radius 2 is 2.00 bits per heavy atom. The molecule has 0 radical (unpaired) electrons. The monoisotopic (exact) mass is 320 g/mol. The number of nitrogens with one attached hydrogen (secondary N) is 1. The van der Waals surface area contributed by atoms with Crippen LogP contribution in [0.3, 0.4) is 0 Å². The van der Waals surface area contributed by atoms with Gasteiger partial charge in [0.05, 0.1) is 5.56 Å². The molecule has 0 aliphatic heterocycles. The van der Waals surface area contributed by atoms with Gasteiger partial charge >= 0.3 is 0 Å². The first-order valence-electron chi connectivity index (χ1n) is 5.63. The zero-order valence-corrected chi connectivity index (χ0v) is 11.9. The highest BCUT2D eigenvalue weighted by Crippen LogP contribution is 2.23. The van der Waals surface area contributed by atoms with Gasteiger partial charge in [-0.25, -0.2) is 0 Å². The first kappa shape index (κ1) is 13.4. The minimum atomic E-state index is -0.348. The lowest BCUT2D eigenvalue weighted by atomic mass is 10.1. The van der Waals surface area contributed by atoms with Crippen molar-refractivity contribution in [3.8, 4) is 5.75 Å². The summed E-state index contributed by atoms with van der Waals surface area (Å²) in [5, 5.41) is 12.2. The van der Waals surface area contributed by atoms with Crippen LogP contribution in [-0.2, 0) is 0 Å². The van der Waals surface area contributed by atoms with E-state index in [1.54, 1.807) is 6.07 Å². The minimum absolute atomic E-state index is 0.00637. The molecule has 2 aromatic carbocycles. The number of hydrogen-bond acceptors (Lipinski definition) is 3. The van der Waals surface area contributed by atoms with Gasteiger partial charge in [-0.3, -0.25) is 4.79 Å². The molecule has 0 aromatic heterocycles. The summed E-state index contributed by atoms with van der Waals surface area (Å²) in [6.07, 6.45) is 0. The van der Waals surface area contributed by atoms with Gasteiger partial charge in [0.25, 0.3) is 5.91 Å². The van der Waals surface area contributed by atoms with Crippen LogP contribution in [0, 0.1) is 6.92 Å². The van der Waals surface area contributed by atoms with Crippen LogP contribution in [0.25, 0.3) is 0 Å². The van der Waals surface area contributed by atoms with Gasteiger partial charge in [-0.1, -0.05) is 15.9 Å². The van der Waals surface area contributed by atoms with Gasteiger partial charge < -0.3 is 16.2 Å². The fourth-order valence-corrected chi connectivity index (χ4v) is 2.17. The van der Waals surface area contributed by atoms with Crippen LogP contribution in [-0.4, -0.2) is 11.0 Å². The van der Waals surface area contributed by atoms with Crippen LogP contribution in [0.5, 0.6) is 5.75 Å². The van der Waals surface area contributed by atoms with Crippen LogP contribution < -0.4 is 11.1 Å². The topological polar surface area (TPSA) is 75.3 Å². The molecule has 0 aliphatic carbocycles. The second kappa shape index (κ2) is 5.32. The lowest BCUT2D eigenvalue weighted by Gasteiger charge is -2.10.